The summed E-state index contributed by atoms with van der Waals surface area (Å²) in [6.07, 6.45) is 2.26. The number of nitrogens with one attached hydrogen (secondary N) is 2. The molecule has 0 aromatic heterocycles. The molecule has 1 aliphatic rings. The summed E-state index contributed by atoms with van der Waals surface area (Å²) >= 11 is 0. The van der Waals surface area contributed by atoms with Crippen LogP contribution >= 0.6 is 24.0 Å². The minimum Gasteiger partial charge on any atom is -0.378 e. The van der Waals surface area contributed by atoms with Gasteiger partial charge in [-0.1, -0.05) is 19.3 Å². The Hall–Kier alpha value is -0.250. The van der Waals surface area contributed by atoms with Gasteiger partial charge in [0, 0.05) is 26.2 Å². The van der Waals surface area contributed by atoms with Gasteiger partial charge >= 0.3 is 6.18 Å². The van der Waals surface area contributed by atoms with Crippen LogP contribution in [0.4, 0.5) is 13.2 Å². The van der Waals surface area contributed by atoms with Crippen molar-refractivity contribution in [3.05, 3.63) is 0 Å². The lowest BCUT2D eigenvalue weighted by molar-refractivity contribution is -0.132. The maximum Gasteiger partial charge on any atom is 0.390 e. The second-order valence-electron chi connectivity index (χ2n) is 5.54. The first-order valence-corrected chi connectivity index (χ1v) is 8.22. The monoisotopic (exact) mass is 451 g/mol. The molecule has 0 unspecified atom stereocenters. The highest BCUT2D eigenvalue weighted by Crippen LogP contribution is 2.20. The van der Waals surface area contributed by atoms with Crippen molar-refractivity contribution in [1.82, 2.24) is 10.6 Å². The summed E-state index contributed by atoms with van der Waals surface area (Å²) in [6.45, 7) is 3.56. The molecule has 0 radical (unpaired) electrons. The van der Waals surface area contributed by atoms with Crippen molar-refractivity contribution in [2.45, 2.75) is 64.1 Å². The summed E-state index contributed by atoms with van der Waals surface area (Å²) < 4.78 is 42.1. The van der Waals surface area contributed by atoms with Gasteiger partial charge in [-0.05, 0) is 26.2 Å². The van der Waals surface area contributed by atoms with E-state index in [9.17, 15) is 13.2 Å². The van der Waals surface area contributed by atoms with Gasteiger partial charge in [0.2, 0.25) is 0 Å². The molecule has 1 aliphatic carbocycles. The van der Waals surface area contributed by atoms with E-state index in [1.807, 2.05) is 6.92 Å². The van der Waals surface area contributed by atoms with Crippen molar-refractivity contribution in [3.63, 3.8) is 0 Å². The van der Waals surface area contributed by atoms with E-state index < -0.39 is 12.6 Å². The van der Waals surface area contributed by atoms with E-state index in [0.29, 0.717) is 31.8 Å². The van der Waals surface area contributed by atoms with E-state index in [1.165, 1.54) is 19.3 Å². The molecule has 23 heavy (non-hydrogen) atoms. The minimum atomic E-state index is -4.14. The molecule has 0 aromatic rings. The number of halogens is 4. The largest absolute Gasteiger partial charge is 0.390 e. The zero-order valence-corrected chi connectivity index (χ0v) is 16.1. The molecule has 0 amide bonds. The Kier molecular flexibility index (Phi) is 12.9. The molecule has 0 aromatic carbocycles. The Labute approximate surface area is 154 Å². The summed E-state index contributed by atoms with van der Waals surface area (Å²) in [7, 11) is 0. The third-order valence-electron chi connectivity index (χ3n) is 3.52. The first kappa shape index (κ1) is 22.8. The first-order chi connectivity index (χ1) is 10.5. The van der Waals surface area contributed by atoms with E-state index in [0.717, 1.165) is 19.3 Å². The average Bonchev–Trinajstić information content (AvgIpc) is 2.46. The molecule has 138 valence electrons. The van der Waals surface area contributed by atoms with Gasteiger partial charge in [0.15, 0.2) is 5.96 Å². The second-order valence-corrected chi connectivity index (χ2v) is 5.54. The maximum atomic E-state index is 12.1. The Morgan fingerprint density at radius 2 is 1.87 bits per heavy atom. The van der Waals surface area contributed by atoms with Gasteiger partial charge in [0.25, 0.3) is 0 Å². The molecule has 0 aliphatic heterocycles. The first-order valence-electron chi connectivity index (χ1n) is 8.22. The lowest BCUT2D eigenvalue weighted by Gasteiger charge is -2.21. The molecule has 0 saturated heterocycles. The molecule has 0 heterocycles. The zero-order valence-electron chi connectivity index (χ0n) is 13.8. The van der Waals surface area contributed by atoms with E-state index in [2.05, 4.69) is 15.6 Å². The van der Waals surface area contributed by atoms with Gasteiger partial charge in [-0.15, -0.1) is 24.0 Å². The fraction of sp³-hybridized carbons (Fsp3) is 0.933. The topological polar surface area (TPSA) is 45.7 Å². The summed E-state index contributed by atoms with van der Waals surface area (Å²) in [5, 5.41) is 5.64. The average molecular weight is 451 g/mol. The molecule has 1 saturated carbocycles. The van der Waals surface area contributed by atoms with Crippen molar-refractivity contribution in [1.29, 1.82) is 0 Å². The lowest BCUT2D eigenvalue weighted by Crippen LogP contribution is -2.39. The molecule has 2 N–H and O–H groups in total. The van der Waals surface area contributed by atoms with Crippen molar-refractivity contribution >= 4 is 29.9 Å². The fourth-order valence-electron chi connectivity index (χ4n) is 2.40. The highest BCUT2D eigenvalue weighted by atomic mass is 127. The van der Waals surface area contributed by atoms with E-state index in [4.69, 9.17) is 4.74 Å². The van der Waals surface area contributed by atoms with Gasteiger partial charge in [0.1, 0.15) is 0 Å². The highest BCUT2D eigenvalue weighted by Gasteiger charge is 2.26. The maximum absolute atomic E-state index is 12.1. The van der Waals surface area contributed by atoms with Crippen LogP contribution in [-0.4, -0.2) is 44.5 Å². The summed E-state index contributed by atoms with van der Waals surface area (Å²) in [5.41, 5.74) is 0. The van der Waals surface area contributed by atoms with Crippen LogP contribution in [0.15, 0.2) is 4.99 Å². The Balaban J connectivity index is 0.00000484. The summed E-state index contributed by atoms with van der Waals surface area (Å²) in [4.78, 5) is 4.26. The SMILES string of the molecule is CCNC(=NCCCOC1CCCCC1)NCCC(F)(F)F.I. The Morgan fingerprint density at radius 3 is 2.48 bits per heavy atom. The van der Waals surface area contributed by atoms with Crippen LogP contribution in [-0.2, 0) is 4.74 Å². The van der Waals surface area contributed by atoms with Gasteiger partial charge < -0.3 is 15.4 Å². The zero-order chi connectivity index (χ0) is 16.3. The van der Waals surface area contributed by atoms with Crippen molar-refractivity contribution in [2.75, 3.05) is 26.2 Å². The molecular formula is C15H29F3IN3O. The number of aliphatic imine (C=N–C) groups is 1. The van der Waals surface area contributed by atoms with Crippen molar-refractivity contribution in [2.24, 2.45) is 4.99 Å². The number of nitrogens with zero attached hydrogens (tertiary/aromatic N) is 1. The molecule has 8 heteroatoms. The highest BCUT2D eigenvalue weighted by molar-refractivity contribution is 14.0. The molecule has 0 bridgehead atoms. The fourth-order valence-corrected chi connectivity index (χ4v) is 2.40. The number of rotatable bonds is 8. The predicted octanol–water partition coefficient (Wildman–Crippen LogP) is 3.85. The van der Waals surface area contributed by atoms with Crippen LogP contribution in [0.5, 0.6) is 0 Å². The number of hydrogen-bond donors (Lipinski definition) is 2. The smallest absolute Gasteiger partial charge is 0.378 e. The Morgan fingerprint density at radius 1 is 1.17 bits per heavy atom. The molecular weight excluding hydrogens is 422 g/mol. The van der Waals surface area contributed by atoms with Crippen LogP contribution in [0, 0.1) is 0 Å². The van der Waals surface area contributed by atoms with Crippen molar-refractivity contribution in [3.8, 4) is 0 Å². The number of ether oxygens (including phenoxy) is 1. The quantitative estimate of drug-likeness (QED) is 0.255. The number of guanidine groups is 1. The van der Waals surface area contributed by atoms with E-state index in [-0.39, 0.29) is 30.5 Å². The lowest BCUT2D eigenvalue weighted by atomic mass is 9.98. The Bertz CT molecular complexity index is 322. The predicted molar refractivity (Wildman–Crippen MR) is 97.5 cm³/mol. The van der Waals surface area contributed by atoms with Crippen LogP contribution < -0.4 is 10.6 Å². The molecule has 0 atom stereocenters. The van der Waals surface area contributed by atoms with Crippen LogP contribution in [0.1, 0.15) is 51.9 Å². The number of hydrogen-bond acceptors (Lipinski definition) is 2. The van der Waals surface area contributed by atoms with E-state index in [1.54, 1.807) is 0 Å². The normalized spacial score (nSPS) is 16.8. The van der Waals surface area contributed by atoms with E-state index >= 15 is 0 Å². The molecule has 4 nitrogen and oxygen atoms in total. The van der Waals surface area contributed by atoms with Crippen LogP contribution in [0.2, 0.25) is 0 Å². The standard InChI is InChI=1S/C15H28F3N3O.HI/c1-2-19-14(21-11-9-15(16,17)18)20-10-6-12-22-13-7-4-3-5-8-13;/h13H,2-12H2,1H3,(H2,19,20,21);1H. The minimum absolute atomic E-state index is 0. The molecule has 1 rings (SSSR count). The van der Waals surface area contributed by atoms with Gasteiger partial charge in [0.05, 0.1) is 12.5 Å². The van der Waals surface area contributed by atoms with Gasteiger partial charge in [-0.25, -0.2) is 0 Å². The molecule has 1 fully saturated rings. The van der Waals surface area contributed by atoms with Gasteiger partial charge in [-0.2, -0.15) is 13.2 Å². The van der Waals surface area contributed by atoms with Crippen molar-refractivity contribution < 1.29 is 17.9 Å². The van der Waals surface area contributed by atoms with Crippen LogP contribution in [0.3, 0.4) is 0 Å². The second kappa shape index (κ2) is 13.1. The number of alkyl halides is 3. The van der Waals surface area contributed by atoms with Crippen LogP contribution in [0.25, 0.3) is 0 Å². The third kappa shape index (κ3) is 12.8. The third-order valence-corrected chi connectivity index (χ3v) is 3.52. The molecule has 0 spiro atoms. The van der Waals surface area contributed by atoms with Gasteiger partial charge in [-0.3, -0.25) is 4.99 Å². The summed E-state index contributed by atoms with van der Waals surface area (Å²) in [5.74, 6) is 0.435. The summed E-state index contributed by atoms with van der Waals surface area (Å²) in [6, 6.07) is 0.